The minimum Gasteiger partial charge on any atom is -0.497 e. The summed E-state index contributed by atoms with van der Waals surface area (Å²) in [6, 6.07) is 6.46. The first-order valence-electron chi connectivity index (χ1n) is 7.23. The summed E-state index contributed by atoms with van der Waals surface area (Å²) in [5.41, 5.74) is 7.88. The average Bonchev–Trinajstić information content (AvgIpc) is 2.45. The number of benzene rings is 1. The van der Waals surface area contributed by atoms with Gasteiger partial charge in [0, 0.05) is 24.7 Å². The van der Waals surface area contributed by atoms with Gasteiger partial charge in [-0.3, -0.25) is 0 Å². The summed E-state index contributed by atoms with van der Waals surface area (Å²) in [5, 5.41) is 0. The van der Waals surface area contributed by atoms with Crippen molar-refractivity contribution in [3.8, 4) is 5.75 Å². The Hall–Kier alpha value is -1.29. The minimum atomic E-state index is 0.443. The van der Waals surface area contributed by atoms with Crippen LogP contribution in [-0.2, 0) is 0 Å². The van der Waals surface area contributed by atoms with Crippen molar-refractivity contribution in [2.24, 2.45) is 11.7 Å². The highest BCUT2D eigenvalue weighted by Gasteiger charge is 2.24. The molecule has 2 unspecified atom stereocenters. The molecule has 3 nitrogen and oxygen atoms in total. The van der Waals surface area contributed by atoms with Gasteiger partial charge in [0.05, 0.1) is 12.8 Å². The van der Waals surface area contributed by atoms with E-state index >= 15 is 0 Å². The van der Waals surface area contributed by atoms with E-state index in [0.717, 1.165) is 22.9 Å². The molecule has 0 bridgehead atoms. The second kappa shape index (κ2) is 6.44. The van der Waals surface area contributed by atoms with E-state index in [1.54, 1.807) is 7.11 Å². The van der Waals surface area contributed by atoms with Gasteiger partial charge in [0.1, 0.15) is 10.7 Å². The van der Waals surface area contributed by atoms with Crippen LogP contribution < -0.4 is 15.4 Å². The van der Waals surface area contributed by atoms with Gasteiger partial charge >= 0.3 is 0 Å². The molecule has 2 atom stereocenters. The number of anilines is 1. The van der Waals surface area contributed by atoms with Crippen molar-refractivity contribution >= 4 is 22.9 Å². The first-order valence-corrected chi connectivity index (χ1v) is 7.64. The lowest BCUT2D eigenvalue weighted by atomic mass is 9.86. The summed E-state index contributed by atoms with van der Waals surface area (Å²) in [6.45, 7) is 2.33. The molecule has 0 heterocycles. The van der Waals surface area contributed by atoms with E-state index in [1.165, 1.54) is 25.7 Å². The van der Waals surface area contributed by atoms with E-state index in [4.69, 9.17) is 22.7 Å². The normalized spacial score (nSPS) is 22.4. The smallest absolute Gasteiger partial charge is 0.120 e. The number of methoxy groups -OCH3 is 1. The molecule has 1 aliphatic rings. The van der Waals surface area contributed by atoms with Crippen molar-refractivity contribution in [2.75, 3.05) is 19.1 Å². The molecule has 1 saturated carbocycles. The van der Waals surface area contributed by atoms with Crippen LogP contribution in [0.1, 0.15) is 38.2 Å². The number of hydrogen-bond donors (Lipinski definition) is 1. The Kier molecular flexibility index (Phi) is 4.86. The number of rotatable bonds is 4. The summed E-state index contributed by atoms with van der Waals surface area (Å²) in [7, 11) is 3.82. The van der Waals surface area contributed by atoms with Crippen LogP contribution in [0.3, 0.4) is 0 Å². The lowest BCUT2D eigenvalue weighted by molar-refractivity contribution is 0.336. The maximum Gasteiger partial charge on any atom is 0.120 e. The SMILES string of the molecule is COc1ccc(C(N)=S)c(N(C)C2CCCC(C)C2)c1. The second-order valence-electron chi connectivity index (χ2n) is 5.78. The Labute approximate surface area is 127 Å². The number of nitrogens with two attached hydrogens (primary N) is 1. The fourth-order valence-corrected chi connectivity index (χ4v) is 3.26. The molecule has 20 heavy (non-hydrogen) atoms. The zero-order valence-corrected chi connectivity index (χ0v) is 13.4. The van der Waals surface area contributed by atoms with E-state index in [1.807, 2.05) is 18.2 Å². The molecule has 2 rings (SSSR count). The summed E-state index contributed by atoms with van der Waals surface area (Å²) >= 11 is 5.18. The third kappa shape index (κ3) is 3.23. The molecule has 2 N–H and O–H groups in total. The Balaban J connectivity index is 2.31. The average molecular weight is 292 g/mol. The maximum absolute atomic E-state index is 5.86. The lowest BCUT2D eigenvalue weighted by Crippen LogP contribution is -2.36. The zero-order chi connectivity index (χ0) is 14.7. The third-order valence-electron chi connectivity index (χ3n) is 4.31. The molecule has 4 heteroatoms. The maximum atomic E-state index is 5.86. The molecule has 1 aliphatic carbocycles. The fourth-order valence-electron chi connectivity index (χ4n) is 3.09. The van der Waals surface area contributed by atoms with Crippen LogP contribution in [0, 0.1) is 5.92 Å². The quantitative estimate of drug-likeness (QED) is 0.864. The highest BCUT2D eigenvalue weighted by molar-refractivity contribution is 7.80. The molecule has 110 valence electrons. The van der Waals surface area contributed by atoms with Crippen LogP contribution in [-0.4, -0.2) is 25.2 Å². The van der Waals surface area contributed by atoms with Gasteiger partial charge in [-0.05, 0) is 30.9 Å². The van der Waals surface area contributed by atoms with Gasteiger partial charge in [-0.15, -0.1) is 0 Å². The van der Waals surface area contributed by atoms with Crippen LogP contribution >= 0.6 is 12.2 Å². The van der Waals surface area contributed by atoms with Gasteiger partial charge in [0.25, 0.3) is 0 Å². The molecule has 0 amide bonds. The number of thiocarbonyl (C=S) groups is 1. The first kappa shape index (κ1) is 15.1. The Morgan fingerprint density at radius 2 is 2.15 bits per heavy atom. The van der Waals surface area contributed by atoms with E-state index in [2.05, 4.69) is 18.9 Å². The predicted molar refractivity (Wildman–Crippen MR) is 88.7 cm³/mol. The summed E-state index contributed by atoms with van der Waals surface area (Å²) in [4.78, 5) is 2.77. The fraction of sp³-hybridized carbons (Fsp3) is 0.562. The van der Waals surface area contributed by atoms with Crippen LogP contribution in [0.4, 0.5) is 5.69 Å². The Morgan fingerprint density at radius 3 is 2.75 bits per heavy atom. The van der Waals surface area contributed by atoms with Crippen molar-refractivity contribution in [1.82, 2.24) is 0 Å². The van der Waals surface area contributed by atoms with Crippen LogP contribution in [0.15, 0.2) is 18.2 Å². The Morgan fingerprint density at radius 1 is 1.40 bits per heavy atom. The molecule has 1 aromatic rings. The van der Waals surface area contributed by atoms with Crippen LogP contribution in [0.5, 0.6) is 5.75 Å². The molecule has 0 aliphatic heterocycles. The highest BCUT2D eigenvalue weighted by atomic mass is 32.1. The molecule has 0 spiro atoms. The molecule has 1 aromatic carbocycles. The summed E-state index contributed by atoms with van der Waals surface area (Å²) in [5.74, 6) is 1.63. The number of ether oxygens (including phenoxy) is 1. The molecular weight excluding hydrogens is 268 g/mol. The van der Waals surface area contributed by atoms with Crippen molar-refractivity contribution in [1.29, 1.82) is 0 Å². The van der Waals surface area contributed by atoms with Crippen molar-refractivity contribution in [3.05, 3.63) is 23.8 Å². The molecule has 0 radical (unpaired) electrons. The monoisotopic (exact) mass is 292 g/mol. The van der Waals surface area contributed by atoms with E-state index in [9.17, 15) is 0 Å². The van der Waals surface area contributed by atoms with Gasteiger partial charge in [0.15, 0.2) is 0 Å². The van der Waals surface area contributed by atoms with Crippen molar-refractivity contribution in [3.63, 3.8) is 0 Å². The second-order valence-corrected chi connectivity index (χ2v) is 6.22. The van der Waals surface area contributed by atoms with Crippen molar-refractivity contribution in [2.45, 2.75) is 38.6 Å². The highest BCUT2D eigenvalue weighted by Crippen LogP contribution is 2.33. The van der Waals surface area contributed by atoms with E-state index in [0.29, 0.717) is 11.0 Å². The van der Waals surface area contributed by atoms with Gasteiger partial charge in [0.2, 0.25) is 0 Å². The van der Waals surface area contributed by atoms with Crippen LogP contribution in [0.2, 0.25) is 0 Å². The lowest BCUT2D eigenvalue weighted by Gasteiger charge is -2.36. The van der Waals surface area contributed by atoms with E-state index < -0.39 is 0 Å². The van der Waals surface area contributed by atoms with Gasteiger partial charge < -0.3 is 15.4 Å². The predicted octanol–water partition coefficient (Wildman–Crippen LogP) is 3.34. The first-order chi connectivity index (χ1) is 9.52. The molecular formula is C16H24N2OS. The standard InChI is InChI=1S/C16H24N2OS/c1-11-5-4-6-12(9-11)18(2)15-10-13(19-3)7-8-14(15)16(17)20/h7-8,10-12H,4-6,9H2,1-3H3,(H2,17,20). The largest absolute Gasteiger partial charge is 0.497 e. The minimum absolute atomic E-state index is 0.443. The number of nitrogens with zero attached hydrogens (tertiary/aromatic N) is 1. The Bertz CT molecular complexity index is 489. The molecule has 0 aromatic heterocycles. The van der Waals surface area contributed by atoms with Gasteiger partial charge in [-0.1, -0.05) is 32.0 Å². The summed E-state index contributed by atoms with van der Waals surface area (Å²) < 4.78 is 5.34. The third-order valence-corrected chi connectivity index (χ3v) is 4.53. The van der Waals surface area contributed by atoms with Crippen molar-refractivity contribution < 1.29 is 4.74 Å². The number of hydrogen-bond acceptors (Lipinski definition) is 3. The summed E-state index contributed by atoms with van der Waals surface area (Å²) in [6.07, 6.45) is 5.09. The molecule has 1 fully saturated rings. The zero-order valence-electron chi connectivity index (χ0n) is 12.6. The van der Waals surface area contributed by atoms with Crippen LogP contribution in [0.25, 0.3) is 0 Å². The van der Waals surface area contributed by atoms with Gasteiger partial charge in [-0.2, -0.15) is 0 Å². The van der Waals surface area contributed by atoms with Gasteiger partial charge in [-0.25, -0.2) is 0 Å². The molecule has 0 saturated heterocycles. The van der Waals surface area contributed by atoms with E-state index in [-0.39, 0.29) is 0 Å². The topological polar surface area (TPSA) is 38.5 Å².